The van der Waals surface area contributed by atoms with Gasteiger partial charge in [0.1, 0.15) is 6.07 Å². The van der Waals surface area contributed by atoms with E-state index in [1.165, 1.54) is 57.8 Å². The van der Waals surface area contributed by atoms with Crippen molar-refractivity contribution >= 4 is 0 Å². The molecule has 4 aliphatic rings. The Morgan fingerprint density at radius 1 is 1.15 bits per heavy atom. The van der Waals surface area contributed by atoms with Crippen LogP contribution >= 0.6 is 0 Å². The molecule has 1 aromatic rings. The van der Waals surface area contributed by atoms with Gasteiger partial charge in [0.15, 0.2) is 0 Å². The van der Waals surface area contributed by atoms with Gasteiger partial charge in [-0.3, -0.25) is 4.68 Å². The molecule has 1 heterocycles. The highest BCUT2D eigenvalue weighted by atomic mass is 16.3. The number of nitrogens with zero attached hydrogens (tertiary/aromatic N) is 3. The van der Waals surface area contributed by atoms with E-state index in [-0.39, 0.29) is 5.60 Å². The van der Waals surface area contributed by atoms with E-state index in [0.717, 1.165) is 61.3 Å². The third-order valence-electron chi connectivity index (χ3n) is 11.1. The average Bonchev–Trinajstić information content (AvgIpc) is 3.40. The Hall–Kier alpha value is -1.34. The van der Waals surface area contributed by atoms with Crippen molar-refractivity contribution in [3.63, 3.8) is 0 Å². The number of fused-ring (bicyclic) bond motifs is 5. The molecule has 0 aromatic carbocycles. The molecule has 0 radical (unpaired) electrons. The molecule has 9 atom stereocenters. The molecule has 4 heteroatoms. The predicted octanol–water partition coefficient (Wildman–Crippen LogP) is 6.58. The zero-order valence-corrected chi connectivity index (χ0v) is 21.2. The summed E-state index contributed by atoms with van der Waals surface area (Å²) in [6.07, 6.45) is 18.7. The predicted molar refractivity (Wildman–Crippen MR) is 131 cm³/mol. The number of nitriles is 1. The fourth-order valence-corrected chi connectivity index (χ4v) is 9.61. The van der Waals surface area contributed by atoms with Gasteiger partial charge in [0, 0.05) is 12.7 Å². The summed E-state index contributed by atoms with van der Waals surface area (Å²) in [4.78, 5) is 0. The minimum absolute atomic E-state index is 0.362. The SMILES string of the molecule is CCCC[C@@]1(O)CC[C@H]2[C@H](CC[C@@H]3[C@@H]2CC[C@]2(C)C([C@H](C)Cn4cc(C#N)cn4)CC[C@@H]32)C1. The van der Waals surface area contributed by atoms with Gasteiger partial charge >= 0.3 is 0 Å². The maximum atomic E-state index is 11.2. The van der Waals surface area contributed by atoms with Crippen LogP contribution in [-0.2, 0) is 6.54 Å². The van der Waals surface area contributed by atoms with Crippen molar-refractivity contribution in [2.75, 3.05) is 0 Å². The molecule has 0 amide bonds. The minimum atomic E-state index is -0.362. The highest BCUT2D eigenvalue weighted by molar-refractivity contribution is 5.21. The maximum absolute atomic E-state index is 11.2. The Labute approximate surface area is 201 Å². The van der Waals surface area contributed by atoms with Crippen LogP contribution in [0.2, 0.25) is 0 Å². The molecule has 4 saturated carbocycles. The highest BCUT2D eigenvalue weighted by Crippen LogP contribution is 2.65. The molecule has 0 spiro atoms. The zero-order valence-electron chi connectivity index (χ0n) is 21.2. The number of aromatic nitrogens is 2. The van der Waals surface area contributed by atoms with Gasteiger partial charge in [-0.25, -0.2) is 0 Å². The van der Waals surface area contributed by atoms with Crippen LogP contribution in [0.5, 0.6) is 0 Å². The van der Waals surface area contributed by atoms with Crippen molar-refractivity contribution in [1.29, 1.82) is 5.26 Å². The van der Waals surface area contributed by atoms with Gasteiger partial charge in [0.25, 0.3) is 0 Å². The summed E-state index contributed by atoms with van der Waals surface area (Å²) in [7, 11) is 0. The lowest BCUT2D eigenvalue weighted by Gasteiger charge is -2.57. The summed E-state index contributed by atoms with van der Waals surface area (Å²) in [6.45, 7) is 8.23. The van der Waals surface area contributed by atoms with Crippen molar-refractivity contribution in [3.8, 4) is 6.07 Å². The van der Waals surface area contributed by atoms with Crippen LogP contribution in [0.1, 0.15) is 103 Å². The van der Waals surface area contributed by atoms with Crippen LogP contribution < -0.4 is 0 Å². The normalized spacial score (nSPS) is 43.2. The first kappa shape index (κ1) is 23.4. The van der Waals surface area contributed by atoms with Crippen molar-refractivity contribution < 1.29 is 5.11 Å². The first-order valence-corrected chi connectivity index (χ1v) is 14.0. The second-order valence-corrected chi connectivity index (χ2v) is 12.8. The third-order valence-corrected chi connectivity index (χ3v) is 11.1. The molecule has 4 aliphatic carbocycles. The number of hydrogen-bond acceptors (Lipinski definition) is 3. The molecule has 33 heavy (non-hydrogen) atoms. The summed E-state index contributed by atoms with van der Waals surface area (Å²) < 4.78 is 2.00. The third kappa shape index (κ3) is 4.18. The van der Waals surface area contributed by atoms with Gasteiger partial charge < -0.3 is 5.11 Å². The molecule has 182 valence electrons. The topological polar surface area (TPSA) is 61.8 Å². The lowest BCUT2D eigenvalue weighted by atomic mass is 9.48. The van der Waals surface area contributed by atoms with E-state index in [4.69, 9.17) is 5.26 Å². The molecule has 0 aliphatic heterocycles. The molecule has 1 unspecified atom stereocenters. The molecule has 0 bridgehead atoms. The molecule has 0 saturated heterocycles. The van der Waals surface area contributed by atoms with Crippen molar-refractivity contribution in [3.05, 3.63) is 18.0 Å². The lowest BCUT2D eigenvalue weighted by molar-refractivity contribution is -0.111. The Kier molecular flexibility index (Phi) is 6.40. The first-order valence-electron chi connectivity index (χ1n) is 14.0. The van der Waals surface area contributed by atoms with Crippen LogP contribution in [0.15, 0.2) is 12.4 Å². The second-order valence-electron chi connectivity index (χ2n) is 12.8. The van der Waals surface area contributed by atoms with Gasteiger partial charge in [-0.05, 0) is 111 Å². The monoisotopic (exact) mass is 451 g/mol. The van der Waals surface area contributed by atoms with E-state index in [1.54, 1.807) is 6.20 Å². The highest BCUT2D eigenvalue weighted by Gasteiger charge is 2.58. The molecule has 1 aromatic heterocycles. The van der Waals surface area contributed by atoms with E-state index in [9.17, 15) is 5.11 Å². The van der Waals surface area contributed by atoms with Crippen LogP contribution in [0.25, 0.3) is 0 Å². The van der Waals surface area contributed by atoms with Crippen molar-refractivity contribution in [2.45, 2.75) is 110 Å². The van der Waals surface area contributed by atoms with Gasteiger partial charge in [0.05, 0.1) is 17.4 Å². The molecule has 4 fully saturated rings. The Morgan fingerprint density at radius 3 is 2.73 bits per heavy atom. The van der Waals surface area contributed by atoms with E-state index >= 15 is 0 Å². The molecule has 1 N–H and O–H groups in total. The quantitative estimate of drug-likeness (QED) is 0.531. The van der Waals surface area contributed by atoms with Crippen LogP contribution in [0.3, 0.4) is 0 Å². The van der Waals surface area contributed by atoms with E-state index < -0.39 is 0 Å². The number of rotatable bonds is 6. The first-order chi connectivity index (χ1) is 15.9. The molecule has 5 rings (SSSR count). The Balaban J connectivity index is 1.26. The van der Waals surface area contributed by atoms with E-state index in [1.807, 2.05) is 10.9 Å². The van der Waals surface area contributed by atoms with Crippen LogP contribution in [0.4, 0.5) is 0 Å². The minimum Gasteiger partial charge on any atom is -0.390 e. The summed E-state index contributed by atoms with van der Waals surface area (Å²) in [5, 5.41) is 24.8. The molecular weight excluding hydrogens is 406 g/mol. The number of aliphatic hydroxyl groups is 1. The van der Waals surface area contributed by atoms with Gasteiger partial charge in [-0.1, -0.05) is 33.6 Å². The summed E-state index contributed by atoms with van der Waals surface area (Å²) in [6, 6.07) is 2.21. The van der Waals surface area contributed by atoms with E-state index in [2.05, 4.69) is 31.9 Å². The zero-order chi connectivity index (χ0) is 23.2. The maximum Gasteiger partial charge on any atom is 0.102 e. The Bertz CT molecular complexity index is 872. The van der Waals surface area contributed by atoms with Crippen LogP contribution in [0, 0.1) is 58.2 Å². The number of hydrogen-bond donors (Lipinski definition) is 1. The largest absolute Gasteiger partial charge is 0.390 e. The Morgan fingerprint density at radius 2 is 1.97 bits per heavy atom. The average molecular weight is 452 g/mol. The van der Waals surface area contributed by atoms with Gasteiger partial charge in [0.2, 0.25) is 0 Å². The fourth-order valence-electron chi connectivity index (χ4n) is 9.61. The summed E-state index contributed by atoms with van der Waals surface area (Å²) in [5.41, 5.74) is 0.776. The van der Waals surface area contributed by atoms with Crippen LogP contribution in [-0.4, -0.2) is 20.5 Å². The molecular formula is C29H45N3O. The van der Waals surface area contributed by atoms with Crippen molar-refractivity contribution in [1.82, 2.24) is 9.78 Å². The van der Waals surface area contributed by atoms with Crippen molar-refractivity contribution in [2.24, 2.45) is 46.8 Å². The smallest absolute Gasteiger partial charge is 0.102 e. The number of unbranched alkanes of at least 4 members (excludes halogenated alkanes) is 1. The van der Waals surface area contributed by atoms with E-state index in [0.29, 0.717) is 16.9 Å². The molecule has 4 nitrogen and oxygen atoms in total. The summed E-state index contributed by atoms with van der Waals surface area (Å²) >= 11 is 0. The fraction of sp³-hybridized carbons (Fsp3) is 0.862. The second kappa shape index (κ2) is 9.03. The van der Waals surface area contributed by atoms with Gasteiger partial charge in [-0.2, -0.15) is 10.4 Å². The lowest BCUT2D eigenvalue weighted by Crippen LogP contribution is -2.51. The summed E-state index contributed by atoms with van der Waals surface area (Å²) in [5.74, 6) is 5.73. The standard InChI is InChI=1S/C29H45N3O/c1-4-5-12-29(33)14-11-23-22(15-29)6-7-25-24(23)10-13-28(3)26(8-9-27(25)28)20(2)18-32-19-21(16-30)17-31-32/h17,19-20,22-27,33H,4-15,18H2,1-3H3/t20-,22-,23+,24-,25-,26?,27+,28-,29-/m1/s1. The van der Waals surface area contributed by atoms with Gasteiger partial charge in [-0.15, -0.1) is 0 Å².